The molecule has 0 spiro atoms. The third-order valence-electron chi connectivity index (χ3n) is 5.83. The van der Waals surface area contributed by atoms with Crippen LogP contribution in [0.1, 0.15) is 31.7 Å². The van der Waals surface area contributed by atoms with E-state index in [2.05, 4.69) is 37.7 Å². The minimum Gasteiger partial charge on any atom is -0.481 e. The first kappa shape index (κ1) is 25.3. The first-order chi connectivity index (χ1) is 17.0. The molecule has 7 nitrogen and oxygen atoms in total. The number of benzene rings is 2. The number of amides is 1. The van der Waals surface area contributed by atoms with E-state index in [0.717, 1.165) is 24.3 Å². The predicted molar refractivity (Wildman–Crippen MR) is 144 cm³/mol. The van der Waals surface area contributed by atoms with E-state index < -0.39 is 5.97 Å². The normalized spacial score (nSPS) is 18.4. The summed E-state index contributed by atoms with van der Waals surface area (Å²) in [6.45, 7) is 4.52. The van der Waals surface area contributed by atoms with Gasteiger partial charge >= 0.3 is 5.97 Å². The van der Waals surface area contributed by atoms with Crippen LogP contribution >= 0.6 is 27.7 Å². The lowest BCUT2D eigenvalue weighted by atomic mass is 10.1. The average molecular weight is 558 g/mol. The van der Waals surface area contributed by atoms with Crippen molar-refractivity contribution >= 4 is 62.2 Å². The number of esters is 1. The van der Waals surface area contributed by atoms with Crippen LogP contribution in [0, 0.1) is 0 Å². The number of amidine groups is 1. The van der Waals surface area contributed by atoms with Crippen molar-refractivity contribution in [3.63, 3.8) is 0 Å². The second kappa shape index (κ2) is 11.8. The zero-order valence-corrected chi connectivity index (χ0v) is 22.2. The molecule has 2 aliphatic heterocycles. The van der Waals surface area contributed by atoms with E-state index >= 15 is 0 Å². The topological polar surface area (TPSA) is 71.4 Å². The molecule has 0 saturated carbocycles. The van der Waals surface area contributed by atoms with Gasteiger partial charge in [-0.25, -0.2) is 9.79 Å². The number of hydrogen-bond donors (Lipinski definition) is 0. The molecule has 184 valence electrons. The second-order valence-corrected chi connectivity index (χ2v) is 10.0. The Morgan fingerprint density at radius 2 is 1.89 bits per heavy atom. The summed E-state index contributed by atoms with van der Waals surface area (Å²) in [5.41, 5.74) is 2.89. The Labute approximate surface area is 218 Å². The van der Waals surface area contributed by atoms with Gasteiger partial charge < -0.3 is 14.4 Å². The van der Waals surface area contributed by atoms with Crippen LogP contribution in [0.15, 0.2) is 56.8 Å². The highest BCUT2D eigenvalue weighted by atomic mass is 79.9. The minimum atomic E-state index is -0.455. The molecule has 4 rings (SSSR count). The van der Waals surface area contributed by atoms with Gasteiger partial charge in [0.2, 0.25) is 0 Å². The van der Waals surface area contributed by atoms with Gasteiger partial charge in [0.15, 0.2) is 11.8 Å². The molecule has 2 aromatic carbocycles. The van der Waals surface area contributed by atoms with Gasteiger partial charge in [-0.2, -0.15) is 0 Å². The fraction of sp³-hybridized carbons (Fsp3) is 0.346. The van der Waals surface area contributed by atoms with E-state index in [9.17, 15) is 9.59 Å². The van der Waals surface area contributed by atoms with E-state index in [-0.39, 0.29) is 12.5 Å². The van der Waals surface area contributed by atoms with Gasteiger partial charge in [0, 0.05) is 25.3 Å². The molecule has 1 amide bonds. The summed E-state index contributed by atoms with van der Waals surface area (Å²) in [7, 11) is 1.31. The van der Waals surface area contributed by atoms with Crippen LogP contribution in [0.2, 0.25) is 0 Å². The average Bonchev–Trinajstić information content (AvgIpc) is 3.17. The Morgan fingerprint density at radius 3 is 2.54 bits per heavy atom. The third-order valence-corrected chi connectivity index (χ3v) is 7.45. The van der Waals surface area contributed by atoms with Crippen molar-refractivity contribution in [2.75, 3.05) is 38.3 Å². The molecule has 2 aliphatic rings. The molecule has 2 aromatic rings. The molecule has 0 radical (unpaired) electrons. The number of nitrogens with zero attached hydrogens (tertiary/aromatic N) is 3. The molecule has 0 unspecified atom stereocenters. The van der Waals surface area contributed by atoms with Gasteiger partial charge in [0.25, 0.3) is 5.91 Å². The maximum Gasteiger partial charge on any atom is 0.343 e. The van der Waals surface area contributed by atoms with Crippen LogP contribution in [0.4, 0.5) is 11.4 Å². The van der Waals surface area contributed by atoms with Gasteiger partial charge in [-0.05, 0) is 102 Å². The smallest absolute Gasteiger partial charge is 0.343 e. The Balaban J connectivity index is 1.49. The Morgan fingerprint density at radius 1 is 1.14 bits per heavy atom. The first-order valence-electron chi connectivity index (χ1n) is 11.6. The Kier molecular flexibility index (Phi) is 8.51. The van der Waals surface area contributed by atoms with Gasteiger partial charge in [0.1, 0.15) is 5.75 Å². The summed E-state index contributed by atoms with van der Waals surface area (Å²) in [6, 6.07) is 13.7. The number of piperidine rings is 1. The molecule has 0 aliphatic carbocycles. The molecular weight excluding hydrogens is 530 g/mol. The number of halogens is 1. The highest BCUT2D eigenvalue weighted by molar-refractivity contribution is 9.10. The third kappa shape index (κ3) is 6.27. The highest BCUT2D eigenvalue weighted by Gasteiger charge is 2.32. The summed E-state index contributed by atoms with van der Waals surface area (Å²) < 4.78 is 10.7. The number of carbonyl (C=O) groups excluding carboxylic acids is 2. The summed E-state index contributed by atoms with van der Waals surface area (Å²) in [5, 5.41) is 0.673. The van der Waals surface area contributed by atoms with Crippen LogP contribution in [0.3, 0.4) is 0 Å². The fourth-order valence-electron chi connectivity index (χ4n) is 3.94. The first-order valence-corrected chi connectivity index (χ1v) is 13.2. The number of aliphatic imine (C=N–C) groups is 1. The van der Waals surface area contributed by atoms with Gasteiger partial charge in [-0.3, -0.25) is 9.69 Å². The lowest BCUT2D eigenvalue weighted by molar-refractivity contribution is -0.142. The van der Waals surface area contributed by atoms with Crippen molar-refractivity contribution in [1.82, 2.24) is 4.90 Å². The quantitative estimate of drug-likeness (QED) is 0.325. The van der Waals surface area contributed by atoms with E-state index in [4.69, 9.17) is 9.73 Å². The molecule has 2 heterocycles. The molecule has 0 N–H and O–H groups in total. The molecule has 0 atom stereocenters. The Hall–Kier alpha value is -2.78. The molecular formula is C26H28BrN3O4S. The molecule has 0 bridgehead atoms. The predicted octanol–water partition coefficient (Wildman–Crippen LogP) is 5.62. The Bertz CT molecular complexity index is 1140. The van der Waals surface area contributed by atoms with Crippen LogP contribution in [-0.2, 0) is 14.3 Å². The highest BCUT2D eigenvalue weighted by Crippen LogP contribution is 2.35. The van der Waals surface area contributed by atoms with E-state index in [0.29, 0.717) is 26.8 Å². The number of hydrogen-bond acceptors (Lipinski definition) is 7. The number of ether oxygens (including phenoxy) is 2. The van der Waals surface area contributed by atoms with Crippen LogP contribution in [0.5, 0.6) is 5.75 Å². The number of carbonyl (C=O) groups is 2. The number of rotatable bonds is 7. The van der Waals surface area contributed by atoms with Crippen LogP contribution in [0.25, 0.3) is 6.08 Å². The largest absolute Gasteiger partial charge is 0.481 e. The summed E-state index contributed by atoms with van der Waals surface area (Å²) in [5.74, 6) is 0.000343. The van der Waals surface area contributed by atoms with Crippen LogP contribution < -0.4 is 9.64 Å². The van der Waals surface area contributed by atoms with Crippen molar-refractivity contribution in [2.24, 2.45) is 4.99 Å². The molecule has 2 fully saturated rings. The molecule has 35 heavy (non-hydrogen) atoms. The zero-order chi connectivity index (χ0) is 24.8. The number of anilines is 1. The van der Waals surface area contributed by atoms with Gasteiger partial charge in [-0.1, -0.05) is 6.07 Å². The number of likely N-dealkylation sites (N-methyl/N-ethyl adjacent to an activating group) is 1. The maximum atomic E-state index is 13.0. The van der Waals surface area contributed by atoms with Crippen molar-refractivity contribution in [3.8, 4) is 5.75 Å². The maximum absolute atomic E-state index is 13.0. The van der Waals surface area contributed by atoms with Crippen molar-refractivity contribution in [3.05, 3.63) is 57.4 Å². The lowest BCUT2D eigenvalue weighted by Gasteiger charge is -2.28. The number of thioether (sulfide) groups is 1. The van der Waals surface area contributed by atoms with Crippen molar-refractivity contribution in [1.29, 1.82) is 0 Å². The number of methoxy groups -OCH3 is 1. The monoisotopic (exact) mass is 557 g/mol. The lowest BCUT2D eigenvalue weighted by Crippen LogP contribution is -2.29. The summed E-state index contributed by atoms with van der Waals surface area (Å²) >= 11 is 4.83. The SMILES string of the molecule is CCN1C(=O)/C(=C/c2ccc(OCC(=O)OC)c(Br)c2)SC1=Nc1ccc(N2CCCCC2)cc1. The zero-order valence-electron chi connectivity index (χ0n) is 19.8. The summed E-state index contributed by atoms with van der Waals surface area (Å²) in [4.78, 5) is 33.8. The van der Waals surface area contributed by atoms with Crippen molar-refractivity contribution in [2.45, 2.75) is 26.2 Å². The standard InChI is InChI=1S/C26H28BrN3O4S/c1-3-30-25(32)23(16-18-7-12-22(21(27)15-18)34-17-24(31)33-2)35-26(30)28-19-8-10-20(11-9-19)29-13-5-4-6-14-29/h7-12,15-16H,3-6,13-14,17H2,1-2H3/b23-16-,28-26?. The van der Waals surface area contributed by atoms with E-state index in [1.165, 1.54) is 43.8 Å². The molecule has 9 heteroatoms. The minimum absolute atomic E-state index is 0.0664. The van der Waals surface area contributed by atoms with Gasteiger partial charge in [-0.15, -0.1) is 0 Å². The van der Waals surface area contributed by atoms with Gasteiger partial charge in [0.05, 0.1) is 22.2 Å². The van der Waals surface area contributed by atoms with Crippen molar-refractivity contribution < 1.29 is 19.1 Å². The molecule has 2 saturated heterocycles. The van der Waals surface area contributed by atoms with E-state index in [1.54, 1.807) is 11.0 Å². The fourth-order valence-corrected chi connectivity index (χ4v) is 5.52. The summed E-state index contributed by atoms with van der Waals surface area (Å²) in [6.07, 6.45) is 5.62. The van der Waals surface area contributed by atoms with E-state index in [1.807, 2.05) is 37.3 Å². The second-order valence-electron chi connectivity index (χ2n) is 8.17. The molecule has 0 aromatic heterocycles. The van der Waals surface area contributed by atoms with Crippen LogP contribution in [-0.4, -0.2) is 55.3 Å².